The number of hydrogen-bond donors (Lipinski definition) is 2. The number of carbonyl (C=O) groups is 1. The maximum Gasteiger partial charge on any atom is 0.260 e. The van der Waals surface area contributed by atoms with Gasteiger partial charge in [0.1, 0.15) is 5.56 Å². The van der Waals surface area contributed by atoms with Crippen molar-refractivity contribution >= 4 is 5.91 Å². The molecule has 1 aromatic heterocycles. The van der Waals surface area contributed by atoms with E-state index in [1.54, 1.807) is 12.1 Å². The molecule has 1 amide bonds. The molecule has 1 aliphatic rings. The number of aromatic amines is 1. The molecule has 2 rings (SSSR count). The maximum absolute atomic E-state index is 12.6. The van der Waals surface area contributed by atoms with Crippen molar-refractivity contribution in [3.63, 3.8) is 0 Å². The molecule has 21 heavy (non-hydrogen) atoms. The molecular weight excluding hydrogens is 266 g/mol. The first kappa shape index (κ1) is 15.8. The van der Waals surface area contributed by atoms with Crippen LogP contribution in [0.4, 0.5) is 0 Å². The van der Waals surface area contributed by atoms with E-state index in [-0.39, 0.29) is 17.0 Å². The van der Waals surface area contributed by atoms with Gasteiger partial charge in [-0.1, -0.05) is 13.3 Å². The van der Waals surface area contributed by atoms with Crippen LogP contribution in [0.3, 0.4) is 0 Å². The van der Waals surface area contributed by atoms with Gasteiger partial charge in [0.05, 0.1) is 0 Å². The lowest BCUT2D eigenvalue weighted by atomic mass is 10.1. The molecule has 1 unspecified atom stereocenters. The summed E-state index contributed by atoms with van der Waals surface area (Å²) < 4.78 is 0. The van der Waals surface area contributed by atoms with Crippen LogP contribution in [0.2, 0.25) is 0 Å². The molecule has 116 valence electrons. The van der Waals surface area contributed by atoms with Gasteiger partial charge in [-0.3, -0.25) is 9.59 Å². The Bertz CT molecular complexity index is 533. The summed E-state index contributed by atoms with van der Waals surface area (Å²) in [5.74, 6) is -0.154. The summed E-state index contributed by atoms with van der Waals surface area (Å²) in [5, 5.41) is 3.41. The molecule has 1 aromatic rings. The Balaban J connectivity index is 2.13. The summed E-state index contributed by atoms with van der Waals surface area (Å²) in [4.78, 5) is 29.2. The van der Waals surface area contributed by atoms with Crippen molar-refractivity contribution in [2.75, 3.05) is 19.6 Å². The summed E-state index contributed by atoms with van der Waals surface area (Å²) in [7, 11) is 0. The molecule has 5 heteroatoms. The fourth-order valence-electron chi connectivity index (χ4n) is 2.71. The molecule has 1 aliphatic heterocycles. The van der Waals surface area contributed by atoms with E-state index in [0.29, 0.717) is 19.1 Å². The molecular formula is C16H25N3O2. The number of aromatic nitrogens is 1. The van der Waals surface area contributed by atoms with Gasteiger partial charge >= 0.3 is 0 Å². The van der Waals surface area contributed by atoms with Crippen molar-refractivity contribution in [1.29, 1.82) is 0 Å². The minimum absolute atomic E-state index is 0.154. The van der Waals surface area contributed by atoms with E-state index >= 15 is 0 Å². The van der Waals surface area contributed by atoms with E-state index in [4.69, 9.17) is 0 Å². The number of unbranched alkanes of at least 4 members (excludes halogenated alkanes) is 1. The molecule has 0 aliphatic carbocycles. The second kappa shape index (κ2) is 7.41. The van der Waals surface area contributed by atoms with Crippen molar-refractivity contribution in [1.82, 2.24) is 15.2 Å². The van der Waals surface area contributed by atoms with Crippen LogP contribution in [0.5, 0.6) is 0 Å². The third kappa shape index (κ3) is 4.17. The van der Waals surface area contributed by atoms with E-state index in [2.05, 4.69) is 17.2 Å². The van der Waals surface area contributed by atoms with Crippen LogP contribution >= 0.6 is 0 Å². The van der Waals surface area contributed by atoms with Crippen LogP contribution in [0.25, 0.3) is 0 Å². The Morgan fingerprint density at radius 2 is 2.24 bits per heavy atom. The van der Waals surface area contributed by atoms with Crippen LogP contribution in [0.15, 0.2) is 16.9 Å². The van der Waals surface area contributed by atoms with Crippen molar-refractivity contribution in [2.24, 2.45) is 0 Å². The zero-order valence-corrected chi connectivity index (χ0v) is 12.9. The minimum Gasteiger partial charge on any atom is -0.337 e. The van der Waals surface area contributed by atoms with Crippen LogP contribution in [0, 0.1) is 6.92 Å². The zero-order valence-electron chi connectivity index (χ0n) is 12.9. The Morgan fingerprint density at radius 3 is 2.86 bits per heavy atom. The standard InChI is InChI=1S/C16H25N3O2/c1-3-4-10-19(11-13-6-5-9-17-13)16(21)14-8-7-12(2)18-15(14)20/h7-8,13,17H,3-6,9-11H2,1-2H3,(H,18,20). The number of H-pyrrole nitrogens is 1. The van der Waals surface area contributed by atoms with E-state index in [9.17, 15) is 9.59 Å². The summed E-state index contributed by atoms with van der Waals surface area (Å²) in [6, 6.07) is 3.77. The lowest BCUT2D eigenvalue weighted by Crippen LogP contribution is -2.43. The third-order valence-electron chi connectivity index (χ3n) is 3.96. The molecule has 0 spiro atoms. The number of rotatable bonds is 6. The lowest BCUT2D eigenvalue weighted by Gasteiger charge is -2.25. The second-order valence-corrected chi connectivity index (χ2v) is 5.78. The Kier molecular flexibility index (Phi) is 5.56. The normalized spacial score (nSPS) is 17.9. The minimum atomic E-state index is -0.291. The summed E-state index contributed by atoms with van der Waals surface area (Å²) in [6.45, 7) is 6.33. The molecule has 0 saturated carbocycles. The number of nitrogens with zero attached hydrogens (tertiary/aromatic N) is 1. The molecule has 0 aromatic carbocycles. The Morgan fingerprint density at radius 1 is 1.43 bits per heavy atom. The van der Waals surface area contributed by atoms with Crippen LogP contribution in [-0.2, 0) is 0 Å². The van der Waals surface area contributed by atoms with E-state index in [0.717, 1.165) is 37.9 Å². The van der Waals surface area contributed by atoms with E-state index < -0.39 is 0 Å². The summed E-state index contributed by atoms with van der Waals surface area (Å²) >= 11 is 0. The fourth-order valence-corrected chi connectivity index (χ4v) is 2.71. The topological polar surface area (TPSA) is 65.2 Å². The molecule has 1 atom stereocenters. The SMILES string of the molecule is CCCCN(CC1CCCN1)C(=O)c1ccc(C)[nH]c1=O. The maximum atomic E-state index is 12.6. The number of amides is 1. The van der Waals surface area contributed by atoms with Gasteiger partial charge in [0.2, 0.25) is 0 Å². The third-order valence-corrected chi connectivity index (χ3v) is 3.96. The highest BCUT2D eigenvalue weighted by Crippen LogP contribution is 2.10. The van der Waals surface area contributed by atoms with Crippen molar-refractivity contribution in [2.45, 2.75) is 45.6 Å². The number of nitrogens with one attached hydrogen (secondary N) is 2. The van der Waals surface area contributed by atoms with Gasteiger partial charge in [-0.25, -0.2) is 0 Å². The first-order valence-electron chi connectivity index (χ1n) is 7.84. The predicted molar refractivity (Wildman–Crippen MR) is 83.6 cm³/mol. The lowest BCUT2D eigenvalue weighted by molar-refractivity contribution is 0.0737. The van der Waals surface area contributed by atoms with Crippen LogP contribution < -0.4 is 10.9 Å². The highest BCUT2D eigenvalue weighted by atomic mass is 16.2. The molecule has 1 saturated heterocycles. The van der Waals surface area contributed by atoms with Crippen molar-refractivity contribution in [3.05, 3.63) is 33.7 Å². The van der Waals surface area contributed by atoms with Gasteiger partial charge in [-0.15, -0.1) is 0 Å². The zero-order chi connectivity index (χ0) is 15.2. The highest BCUT2D eigenvalue weighted by molar-refractivity contribution is 5.93. The number of carbonyl (C=O) groups excluding carboxylic acids is 1. The van der Waals surface area contributed by atoms with Crippen LogP contribution in [-0.4, -0.2) is 41.5 Å². The molecule has 0 bridgehead atoms. The van der Waals surface area contributed by atoms with Crippen molar-refractivity contribution < 1.29 is 4.79 Å². The van der Waals surface area contributed by atoms with Gasteiger partial charge in [0.25, 0.3) is 11.5 Å². The second-order valence-electron chi connectivity index (χ2n) is 5.78. The van der Waals surface area contributed by atoms with Gasteiger partial charge in [-0.05, 0) is 44.9 Å². The smallest absolute Gasteiger partial charge is 0.260 e. The molecule has 5 nitrogen and oxygen atoms in total. The van der Waals surface area contributed by atoms with Gasteiger partial charge in [-0.2, -0.15) is 0 Å². The summed E-state index contributed by atoms with van der Waals surface area (Å²) in [5.41, 5.74) is 0.727. The van der Waals surface area contributed by atoms with Gasteiger partial charge in [0.15, 0.2) is 0 Å². The molecule has 2 N–H and O–H groups in total. The Labute approximate surface area is 125 Å². The predicted octanol–water partition coefficient (Wildman–Crippen LogP) is 1.68. The molecule has 2 heterocycles. The number of hydrogen-bond acceptors (Lipinski definition) is 3. The highest BCUT2D eigenvalue weighted by Gasteiger charge is 2.23. The van der Waals surface area contributed by atoms with Crippen molar-refractivity contribution in [3.8, 4) is 0 Å². The number of pyridine rings is 1. The molecule has 0 radical (unpaired) electrons. The van der Waals surface area contributed by atoms with Gasteiger partial charge in [0, 0.05) is 24.8 Å². The monoisotopic (exact) mass is 291 g/mol. The first-order valence-corrected chi connectivity index (χ1v) is 7.84. The molecule has 1 fully saturated rings. The Hall–Kier alpha value is -1.62. The van der Waals surface area contributed by atoms with E-state index in [1.807, 2.05) is 11.8 Å². The average Bonchev–Trinajstić information content (AvgIpc) is 2.95. The number of aryl methyl sites for hydroxylation is 1. The van der Waals surface area contributed by atoms with E-state index in [1.165, 1.54) is 0 Å². The average molecular weight is 291 g/mol. The largest absolute Gasteiger partial charge is 0.337 e. The van der Waals surface area contributed by atoms with Crippen LogP contribution in [0.1, 0.15) is 48.7 Å². The quantitative estimate of drug-likeness (QED) is 0.838. The fraction of sp³-hybridized carbons (Fsp3) is 0.625. The first-order chi connectivity index (χ1) is 10.1. The summed E-state index contributed by atoms with van der Waals surface area (Å²) in [6.07, 6.45) is 4.25. The van der Waals surface area contributed by atoms with Gasteiger partial charge < -0.3 is 15.2 Å².